The maximum absolute atomic E-state index is 13.3. The summed E-state index contributed by atoms with van der Waals surface area (Å²) in [6.45, 7) is 0.0627. The molecule has 0 spiro atoms. The van der Waals surface area contributed by atoms with Gasteiger partial charge in [0.15, 0.2) is 0 Å². The van der Waals surface area contributed by atoms with Crippen LogP contribution in [0.4, 0.5) is 9.39 Å². The van der Waals surface area contributed by atoms with Crippen LogP contribution in [-0.2, 0) is 4.79 Å². The first-order valence-electron chi connectivity index (χ1n) is 5.42. The van der Waals surface area contributed by atoms with Crippen molar-refractivity contribution in [1.82, 2.24) is 0 Å². The van der Waals surface area contributed by atoms with Crippen LogP contribution in [0.1, 0.15) is 11.1 Å². The summed E-state index contributed by atoms with van der Waals surface area (Å²) in [5.41, 5.74) is 2.19. The molecule has 0 unspecified atom stereocenters. The Morgan fingerprint density at radius 3 is 3.06 bits per heavy atom. The SMILES string of the molecule is O=C1CN=C(c2cccc(F)c2)c2ccsc2N1. The lowest BCUT2D eigenvalue weighted by Crippen LogP contribution is -2.12. The largest absolute Gasteiger partial charge is 0.316 e. The number of nitrogens with zero attached hydrogens (tertiary/aromatic N) is 1. The molecule has 3 rings (SSSR count). The molecule has 90 valence electrons. The van der Waals surface area contributed by atoms with E-state index in [-0.39, 0.29) is 18.3 Å². The zero-order valence-electron chi connectivity index (χ0n) is 9.31. The van der Waals surface area contributed by atoms with Crippen LogP contribution in [0, 0.1) is 5.82 Å². The Balaban J connectivity index is 2.15. The molecule has 0 radical (unpaired) electrons. The molecule has 1 aliphatic rings. The van der Waals surface area contributed by atoms with Crippen LogP contribution in [-0.4, -0.2) is 18.2 Å². The normalized spacial score (nSPS) is 14.5. The van der Waals surface area contributed by atoms with E-state index in [9.17, 15) is 9.18 Å². The van der Waals surface area contributed by atoms with Crippen molar-refractivity contribution in [3.8, 4) is 0 Å². The highest BCUT2D eigenvalue weighted by molar-refractivity contribution is 7.14. The molecule has 0 aliphatic carbocycles. The zero-order valence-corrected chi connectivity index (χ0v) is 10.1. The van der Waals surface area contributed by atoms with E-state index in [1.54, 1.807) is 12.1 Å². The molecule has 0 atom stereocenters. The number of halogens is 1. The van der Waals surface area contributed by atoms with Crippen molar-refractivity contribution in [1.29, 1.82) is 0 Å². The Labute approximate surface area is 107 Å². The fraction of sp³-hybridized carbons (Fsp3) is 0.0769. The van der Waals surface area contributed by atoms with Gasteiger partial charge in [-0.2, -0.15) is 0 Å². The van der Waals surface area contributed by atoms with Crippen LogP contribution in [0.25, 0.3) is 0 Å². The van der Waals surface area contributed by atoms with Gasteiger partial charge >= 0.3 is 0 Å². The van der Waals surface area contributed by atoms with Crippen LogP contribution < -0.4 is 5.32 Å². The van der Waals surface area contributed by atoms with Crippen molar-refractivity contribution < 1.29 is 9.18 Å². The molecular formula is C13H9FN2OS. The number of nitrogens with one attached hydrogen (secondary N) is 1. The van der Waals surface area contributed by atoms with Crippen molar-refractivity contribution in [2.24, 2.45) is 4.99 Å². The fourth-order valence-corrected chi connectivity index (χ4v) is 2.68. The second kappa shape index (κ2) is 4.34. The van der Waals surface area contributed by atoms with Crippen molar-refractivity contribution in [3.63, 3.8) is 0 Å². The highest BCUT2D eigenvalue weighted by Crippen LogP contribution is 2.28. The maximum Gasteiger partial charge on any atom is 0.246 e. The van der Waals surface area contributed by atoms with Crippen LogP contribution in [0.15, 0.2) is 40.7 Å². The number of aliphatic imine (C=N–C) groups is 1. The summed E-state index contributed by atoms with van der Waals surface area (Å²) in [6.07, 6.45) is 0. The third-order valence-electron chi connectivity index (χ3n) is 2.65. The number of benzene rings is 1. The molecule has 2 heterocycles. The summed E-state index contributed by atoms with van der Waals surface area (Å²) in [5.74, 6) is -0.458. The van der Waals surface area contributed by atoms with Gasteiger partial charge in [-0.3, -0.25) is 9.79 Å². The molecule has 1 aromatic heterocycles. The summed E-state index contributed by atoms with van der Waals surface area (Å²) < 4.78 is 13.3. The first-order valence-corrected chi connectivity index (χ1v) is 6.30. The minimum atomic E-state index is -0.310. The summed E-state index contributed by atoms with van der Waals surface area (Å²) >= 11 is 1.44. The van der Waals surface area contributed by atoms with Gasteiger partial charge in [-0.15, -0.1) is 11.3 Å². The van der Waals surface area contributed by atoms with E-state index >= 15 is 0 Å². The molecule has 1 aromatic carbocycles. The maximum atomic E-state index is 13.3. The lowest BCUT2D eigenvalue weighted by molar-refractivity contribution is -0.114. The molecule has 1 aliphatic heterocycles. The molecule has 5 heteroatoms. The Morgan fingerprint density at radius 2 is 2.22 bits per heavy atom. The van der Waals surface area contributed by atoms with Gasteiger partial charge in [0.25, 0.3) is 0 Å². The minimum absolute atomic E-state index is 0.0627. The van der Waals surface area contributed by atoms with E-state index in [2.05, 4.69) is 10.3 Å². The fourth-order valence-electron chi connectivity index (χ4n) is 1.88. The predicted octanol–water partition coefficient (Wildman–Crippen LogP) is 2.68. The predicted molar refractivity (Wildman–Crippen MR) is 69.9 cm³/mol. The molecule has 3 nitrogen and oxygen atoms in total. The number of thiophene rings is 1. The van der Waals surface area contributed by atoms with E-state index in [1.807, 2.05) is 11.4 Å². The number of hydrogen-bond donors (Lipinski definition) is 1. The average molecular weight is 260 g/mol. The summed E-state index contributed by atoms with van der Waals surface area (Å²) in [5, 5.41) is 5.43. The smallest absolute Gasteiger partial charge is 0.246 e. The Bertz CT molecular complexity index is 648. The Kier molecular flexibility index (Phi) is 2.68. The van der Waals surface area contributed by atoms with Crippen LogP contribution in [0.3, 0.4) is 0 Å². The van der Waals surface area contributed by atoms with E-state index in [0.29, 0.717) is 11.3 Å². The van der Waals surface area contributed by atoms with Gasteiger partial charge in [0.05, 0.1) is 5.71 Å². The van der Waals surface area contributed by atoms with Crippen LogP contribution in [0.5, 0.6) is 0 Å². The van der Waals surface area contributed by atoms with E-state index in [0.717, 1.165) is 10.6 Å². The number of anilines is 1. The highest BCUT2D eigenvalue weighted by Gasteiger charge is 2.18. The summed E-state index contributed by atoms with van der Waals surface area (Å²) in [4.78, 5) is 15.8. The van der Waals surface area contributed by atoms with Crippen molar-refractivity contribution in [2.45, 2.75) is 0 Å². The zero-order chi connectivity index (χ0) is 12.5. The first kappa shape index (κ1) is 11.1. The van der Waals surface area contributed by atoms with Gasteiger partial charge in [-0.25, -0.2) is 4.39 Å². The quantitative estimate of drug-likeness (QED) is 0.841. The Morgan fingerprint density at radius 1 is 1.33 bits per heavy atom. The van der Waals surface area contributed by atoms with Gasteiger partial charge in [0.2, 0.25) is 5.91 Å². The van der Waals surface area contributed by atoms with Gasteiger partial charge < -0.3 is 5.32 Å². The third-order valence-corrected chi connectivity index (χ3v) is 3.48. The minimum Gasteiger partial charge on any atom is -0.316 e. The lowest BCUT2D eigenvalue weighted by atomic mass is 10.0. The van der Waals surface area contributed by atoms with E-state index < -0.39 is 0 Å². The van der Waals surface area contributed by atoms with Gasteiger partial charge in [0.1, 0.15) is 17.4 Å². The number of carbonyl (C=O) groups excluding carboxylic acids is 1. The first-order chi connectivity index (χ1) is 8.74. The molecule has 0 saturated heterocycles. The Hall–Kier alpha value is -2.01. The number of rotatable bonds is 1. The van der Waals surface area contributed by atoms with E-state index in [4.69, 9.17) is 0 Å². The second-order valence-electron chi connectivity index (χ2n) is 3.89. The summed E-state index contributed by atoms with van der Waals surface area (Å²) in [6, 6.07) is 8.13. The number of fused-ring (bicyclic) bond motifs is 1. The molecule has 1 amide bonds. The number of amides is 1. The molecule has 1 N–H and O–H groups in total. The van der Waals surface area contributed by atoms with Gasteiger partial charge in [0, 0.05) is 11.1 Å². The second-order valence-corrected chi connectivity index (χ2v) is 4.80. The molecular weight excluding hydrogens is 251 g/mol. The number of hydrogen-bond acceptors (Lipinski definition) is 3. The van der Waals surface area contributed by atoms with Crippen LogP contribution >= 0.6 is 11.3 Å². The summed E-state index contributed by atoms with van der Waals surface area (Å²) in [7, 11) is 0. The van der Waals surface area contributed by atoms with Gasteiger partial charge in [-0.05, 0) is 23.6 Å². The molecule has 2 aromatic rings. The standard InChI is InChI=1S/C13H9FN2OS/c14-9-3-1-2-8(6-9)12-10-4-5-18-13(10)16-11(17)7-15-12/h1-6H,7H2,(H,16,17). The van der Waals surface area contributed by atoms with E-state index in [1.165, 1.54) is 23.5 Å². The van der Waals surface area contributed by atoms with Gasteiger partial charge in [-0.1, -0.05) is 12.1 Å². The monoisotopic (exact) mass is 260 g/mol. The average Bonchev–Trinajstić information content (AvgIpc) is 2.72. The van der Waals surface area contributed by atoms with Crippen molar-refractivity contribution in [2.75, 3.05) is 11.9 Å². The molecule has 0 fully saturated rings. The topological polar surface area (TPSA) is 41.5 Å². The molecule has 0 saturated carbocycles. The van der Waals surface area contributed by atoms with Crippen molar-refractivity contribution >= 4 is 28.0 Å². The van der Waals surface area contributed by atoms with Crippen LogP contribution in [0.2, 0.25) is 0 Å². The molecule has 18 heavy (non-hydrogen) atoms. The van der Waals surface area contributed by atoms with Crippen molar-refractivity contribution in [3.05, 3.63) is 52.7 Å². The lowest BCUT2D eigenvalue weighted by Gasteiger charge is -2.05. The third kappa shape index (κ3) is 1.93. The molecule has 0 bridgehead atoms. The number of carbonyl (C=O) groups is 1. The highest BCUT2D eigenvalue weighted by atomic mass is 32.1.